The maximum Gasteiger partial charge on any atom is 0.0406 e. The second-order valence-electron chi connectivity index (χ2n) is 6.27. The van der Waals surface area contributed by atoms with Gasteiger partial charge in [0.2, 0.25) is 0 Å². The van der Waals surface area contributed by atoms with E-state index < -0.39 is 0 Å². The van der Waals surface area contributed by atoms with E-state index >= 15 is 0 Å². The first-order chi connectivity index (χ1) is 11.6. The lowest BCUT2D eigenvalue weighted by molar-refractivity contribution is 0.304. The van der Waals surface area contributed by atoms with Gasteiger partial charge in [-0.1, -0.05) is 67.9 Å². The molecule has 2 aromatic rings. The van der Waals surface area contributed by atoms with E-state index in [2.05, 4.69) is 68.1 Å². The van der Waals surface area contributed by atoms with Crippen LogP contribution in [0.3, 0.4) is 0 Å². The Morgan fingerprint density at radius 2 is 1.38 bits per heavy atom. The molecule has 0 aliphatic heterocycles. The Morgan fingerprint density at radius 3 is 1.88 bits per heavy atom. The quantitative estimate of drug-likeness (QED) is 0.527. The summed E-state index contributed by atoms with van der Waals surface area (Å²) in [4.78, 5) is 2.52. The SMILES string of the molecule is CCCN(C/C=C(/C)c1ccc(-c2ccc(Cl)cc2)cc1)CCC. The van der Waals surface area contributed by atoms with E-state index in [1.807, 2.05) is 12.1 Å². The number of nitrogens with zero attached hydrogens (tertiary/aromatic N) is 1. The van der Waals surface area contributed by atoms with E-state index in [9.17, 15) is 0 Å². The van der Waals surface area contributed by atoms with Crippen molar-refractivity contribution in [3.63, 3.8) is 0 Å². The van der Waals surface area contributed by atoms with Gasteiger partial charge in [-0.3, -0.25) is 4.90 Å². The van der Waals surface area contributed by atoms with Gasteiger partial charge in [0.05, 0.1) is 0 Å². The summed E-state index contributed by atoms with van der Waals surface area (Å²) in [5.41, 5.74) is 5.06. The Balaban J connectivity index is 2.06. The number of benzene rings is 2. The van der Waals surface area contributed by atoms with Crippen molar-refractivity contribution in [2.45, 2.75) is 33.6 Å². The number of rotatable bonds is 8. The van der Waals surface area contributed by atoms with Gasteiger partial charge in [-0.15, -0.1) is 0 Å². The summed E-state index contributed by atoms with van der Waals surface area (Å²) in [7, 11) is 0. The van der Waals surface area contributed by atoms with Gasteiger partial charge in [0.1, 0.15) is 0 Å². The van der Waals surface area contributed by atoms with Gasteiger partial charge in [0, 0.05) is 11.6 Å². The summed E-state index contributed by atoms with van der Waals surface area (Å²) in [6, 6.07) is 16.8. The summed E-state index contributed by atoms with van der Waals surface area (Å²) in [5.74, 6) is 0. The van der Waals surface area contributed by atoms with E-state index in [1.165, 1.54) is 48.2 Å². The van der Waals surface area contributed by atoms with Crippen LogP contribution in [-0.4, -0.2) is 24.5 Å². The van der Waals surface area contributed by atoms with Crippen LogP contribution >= 0.6 is 11.6 Å². The van der Waals surface area contributed by atoms with Crippen LogP contribution in [0.5, 0.6) is 0 Å². The molecule has 2 rings (SSSR count). The molecule has 0 aliphatic carbocycles. The summed E-state index contributed by atoms with van der Waals surface area (Å²) in [6.45, 7) is 10.1. The van der Waals surface area contributed by atoms with Crippen LogP contribution in [0.2, 0.25) is 5.02 Å². The van der Waals surface area contributed by atoms with Gasteiger partial charge in [0.25, 0.3) is 0 Å². The minimum absolute atomic E-state index is 0.776. The standard InChI is InChI=1S/C22H28ClN/c1-4-15-24(16-5-2)17-14-18(3)19-6-8-20(9-7-19)21-10-12-22(23)13-11-21/h6-14H,4-5,15-17H2,1-3H3/b18-14-. The predicted molar refractivity (Wildman–Crippen MR) is 108 cm³/mol. The molecule has 0 atom stereocenters. The Morgan fingerprint density at radius 1 is 0.875 bits per heavy atom. The molecule has 0 saturated heterocycles. The zero-order chi connectivity index (χ0) is 17.4. The van der Waals surface area contributed by atoms with Crippen molar-refractivity contribution in [2.24, 2.45) is 0 Å². The van der Waals surface area contributed by atoms with E-state index in [0.717, 1.165) is 11.6 Å². The predicted octanol–water partition coefficient (Wildman–Crippen LogP) is 6.53. The lowest BCUT2D eigenvalue weighted by atomic mass is 10.0. The minimum atomic E-state index is 0.776. The molecule has 0 amide bonds. The highest BCUT2D eigenvalue weighted by atomic mass is 35.5. The summed E-state index contributed by atoms with van der Waals surface area (Å²) >= 11 is 5.96. The van der Waals surface area contributed by atoms with Crippen LogP contribution in [0.1, 0.15) is 39.2 Å². The first-order valence-electron chi connectivity index (χ1n) is 8.89. The molecular weight excluding hydrogens is 314 g/mol. The number of allylic oxidation sites excluding steroid dienone is 1. The van der Waals surface area contributed by atoms with Gasteiger partial charge in [-0.25, -0.2) is 0 Å². The molecule has 0 N–H and O–H groups in total. The van der Waals surface area contributed by atoms with Crippen LogP contribution < -0.4 is 0 Å². The molecular formula is C22H28ClN. The van der Waals surface area contributed by atoms with E-state index in [4.69, 9.17) is 11.6 Å². The van der Waals surface area contributed by atoms with Gasteiger partial charge in [-0.05, 0) is 67.3 Å². The van der Waals surface area contributed by atoms with Crippen molar-refractivity contribution in [3.05, 3.63) is 65.2 Å². The molecule has 0 saturated carbocycles. The largest absolute Gasteiger partial charge is 0.300 e. The topological polar surface area (TPSA) is 3.24 Å². The van der Waals surface area contributed by atoms with Crippen LogP contribution in [0, 0.1) is 0 Å². The second-order valence-corrected chi connectivity index (χ2v) is 6.71. The molecule has 0 bridgehead atoms. The first-order valence-corrected chi connectivity index (χ1v) is 9.27. The van der Waals surface area contributed by atoms with Gasteiger partial charge >= 0.3 is 0 Å². The monoisotopic (exact) mass is 341 g/mol. The fourth-order valence-corrected chi connectivity index (χ4v) is 3.00. The highest BCUT2D eigenvalue weighted by Crippen LogP contribution is 2.24. The third-order valence-corrected chi connectivity index (χ3v) is 4.51. The fourth-order valence-electron chi connectivity index (χ4n) is 2.88. The zero-order valence-electron chi connectivity index (χ0n) is 15.1. The van der Waals surface area contributed by atoms with Crippen LogP contribution in [-0.2, 0) is 0 Å². The smallest absolute Gasteiger partial charge is 0.0406 e. The van der Waals surface area contributed by atoms with Crippen molar-refractivity contribution < 1.29 is 0 Å². The number of hydrogen-bond acceptors (Lipinski definition) is 1. The van der Waals surface area contributed by atoms with Crippen molar-refractivity contribution in [1.82, 2.24) is 4.90 Å². The molecule has 2 heteroatoms. The molecule has 128 valence electrons. The highest BCUT2D eigenvalue weighted by molar-refractivity contribution is 6.30. The Kier molecular flexibility index (Phi) is 7.55. The molecule has 0 aliphatic rings. The van der Waals surface area contributed by atoms with Gasteiger partial charge in [-0.2, -0.15) is 0 Å². The average molecular weight is 342 g/mol. The van der Waals surface area contributed by atoms with Crippen molar-refractivity contribution in [3.8, 4) is 11.1 Å². The van der Waals surface area contributed by atoms with Crippen LogP contribution in [0.4, 0.5) is 0 Å². The number of halogens is 1. The molecule has 2 aromatic carbocycles. The Bertz CT molecular complexity index is 635. The maximum absolute atomic E-state index is 5.96. The van der Waals surface area contributed by atoms with Crippen LogP contribution in [0.25, 0.3) is 16.7 Å². The molecule has 0 spiro atoms. The third kappa shape index (κ3) is 5.51. The molecule has 0 aromatic heterocycles. The van der Waals surface area contributed by atoms with E-state index in [0.29, 0.717) is 0 Å². The lowest BCUT2D eigenvalue weighted by Gasteiger charge is -2.19. The molecule has 0 radical (unpaired) electrons. The summed E-state index contributed by atoms with van der Waals surface area (Å²) < 4.78 is 0. The van der Waals surface area contributed by atoms with Crippen molar-refractivity contribution in [2.75, 3.05) is 19.6 Å². The second kappa shape index (κ2) is 9.66. The number of hydrogen-bond donors (Lipinski definition) is 0. The third-order valence-electron chi connectivity index (χ3n) is 4.25. The molecule has 0 heterocycles. The van der Waals surface area contributed by atoms with Crippen molar-refractivity contribution >= 4 is 17.2 Å². The van der Waals surface area contributed by atoms with Crippen LogP contribution in [0.15, 0.2) is 54.6 Å². The molecule has 0 unspecified atom stereocenters. The van der Waals surface area contributed by atoms with Gasteiger partial charge in [0.15, 0.2) is 0 Å². The Labute approximate surface area is 152 Å². The summed E-state index contributed by atoms with van der Waals surface area (Å²) in [5, 5.41) is 0.776. The minimum Gasteiger partial charge on any atom is -0.300 e. The average Bonchev–Trinajstić information content (AvgIpc) is 2.60. The fraction of sp³-hybridized carbons (Fsp3) is 0.364. The molecule has 24 heavy (non-hydrogen) atoms. The Hall–Kier alpha value is -1.57. The normalized spacial score (nSPS) is 12.0. The zero-order valence-corrected chi connectivity index (χ0v) is 15.8. The van der Waals surface area contributed by atoms with E-state index in [1.54, 1.807) is 0 Å². The maximum atomic E-state index is 5.96. The van der Waals surface area contributed by atoms with Crippen molar-refractivity contribution in [1.29, 1.82) is 0 Å². The summed E-state index contributed by atoms with van der Waals surface area (Å²) in [6.07, 6.45) is 4.77. The molecule has 1 nitrogen and oxygen atoms in total. The highest BCUT2D eigenvalue weighted by Gasteiger charge is 2.03. The first kappa shape index (κ1) is 18.8. The van der Waals surface area contributed by atoms with E-state index in [-0.39, 0.29) is 0 Å². The van der Waals surface area contributed by atoms with Gasteiger partial charge < -0.3 is 0 Å². The lowest BCUT2D eigenvalue weighted by Crippen LogP contribution is -2.25. The molecule has 0 fully saturated rings.